The van der Waals surface area contributed by atoms with Gasteiger partial charge in [-0.1, -0.05) is 32.4 Å². The number of carbonyl (C=O) groups is 1. The normalized spacial score (nSPS) is 28.7. The summed E-state index contributed by atoms with van der Waals surface area (Å²) in [6, 6.07) is 6.19. The fraction of sp³-hybridized carbons (Fsp3) is 0.615. The summed E-state index contributed by atoms with van der Waals surface area (Å²) >= 11 is 7.38. The zero-order chi connectivity index (χ0) is 26.3. The molecule has 0 bridgehead atoms. The van der Waals surface area contributed by atoms with E-state index in [1.165, 1.54) is 23.5 Å². The molecule has 1 amide bonds. The number of aromatic nitrogens is 1. The number of hydrogen-bond acceptors (Lipinski definition) is 7. The minimum absolute atomic E-state index is 0.0384. The molecule has 2 N–H and O–H groups in total. The Kier molecular flexibility index (Phi) is 8.17. The van der Waals surface area contributed by atoms with Crippen molar-refractivity contribution in [2.75, 3.05) is 20.3 Å². The van der Waals surface area contributed by atoms with Crippen molar-refractivity contribution in [2.24, 2.45) is 23.2 Å². The highest BCUT2D eigenvalue weighted by atomic mass is 35.5. The molecule has 1 aromatic carbocycles. The summed E-state index contributed by atoms with van der Waals surface area (Å²) in [5.74, 6) is -0.773. The largest absolute Gasteiger partial charge is 0.392 e. The summed E-state index contributed by atoms with van der Waals surface area (Å²) in [6.45, 7) is 7.08. The molecule has 1 fully saturated rings. The van der Waals surface area contributed by atoms with Gasteiger partial charge in [0.15, 0.2) is 9.84 Å². The number of halogens is 1. The number of aliphatic hydroxyl groups excluding tert-OH is 1. The average molecular weight is 555 g/mol. The van der Waals surface area contributed by atoms with Crippen molar-refractivity contribution in [2.45, 2.75) is 62.7 Å². The zero-order valence-corrected chi connectivity index (χ0v) is 23.5. The van der Waals surface area contributed by atoms with E-state index in [4.69, 9.17) is 21.3 Å². The molecule has 0 saturated heterocycles. The first-order valence-corrected chi connectivity index (χ1v) is 15.2. The van der Waals surface area contributed by atoms with Gasteiger partial charge in [0.1, 0.15) is 10.8 Å². The number of nitrogens with zero attached hydrogens (tertiary/aromatic N) is 1. The van der Waals surface area contributed by atoms with E-state index in [0.717, 1.165) is 29.8 Å². The lowest BCUT2D eigenvalue weighted by Crippen LogP contribution is -2.53. The van der Waals surface area contributed by atoms with Crippen molar-refractivity contribution in [3.8, 4) is 0 Å². The standard InChI is InChI=1S/C26H35ClN2O5S2/c1-15(25(31)28-11-12-34-4)19-9-10-26(3)13-20-23(16(2)22(26)24(19)30)29-21(35-20)14-36(32,33)18-7-5-17(27)6-8-18/h5-8,15-16,19,22,24,30H,9-14H2,1-4H3,(H,28,31). The molecule has 10 heteroatoms. The van der Waals surface area contributed by atoms with E-state index in [1.54, 1.807) is 19.2 Å². The Morgan fingerprint density at radius 2 is 2.06 bits per heavy atom. The van der Waals surface area contributed by atoms with Gasteiger partial charge in [-0.15, -0.1) is 11.3 Å². The van der Waals surface area contributed by atoms with E-state index in [0.29, 0.717) is 23.2 Å². The molecule has 2 aliphatic rings. The lowest BCUT2D eigenvalue weighted by molar-refractivity contribution is -0.135. The van der Waals surface area contributed by atoms with Gasteiger partial charge in [-0.05, 0) is 60.8 Å². The SMILES string of the molecule is COCCNC(=O)C(C)C1CCC2(C)Cc3sc(CS(=O)(=O)c4ccc(Cl)cc4)nc3C(C)C2C1O. The average Bonchev–Trinajstić information content (AvgIpc) is 3.20. The topological polar surface area (TPSA) is 106 Å². The van der Waals surface area contributed by atoms with E-state index >= 15 is 0 Å². The van der Waals surface area contributed by atoms with Crippen molar-refractivity contribution in [3.63, 3.8) is 0 Å². The van der Waals surface area contributed by atoms with Gasteiger partial charge >= 0.3 is 0 Å². The van der Waals surface area contributed by atoms with Gasteiger partial charge in [0.25, 0.3) is 0 Å². The molecule has 6 atom stereocenters. The molecule has 36 heavy (non-hydrogen) atoms. The molecular weight excluding hydrogens is 520 g/mol. The molecule has 2 aliphatic carbocycles. The van der Waals surface area contributed by atoms with Crippen molar-refractivity contribution < 1.29 is 23.1 Å². The first kappa shape index (κ1) is 27.5. The number of ether oxygens (including phenoxy) is 1. The summed E-state index contributed by atoms with van der Waals surface area (Å²) in [7, 11) is -1.96. The second-order valence-electron chi connectivity index (χ2n) is 10.5. The highest BCUT2D eigenvalue weighted by molar-refractivity contribution is 7.90. The van der Waals surface area contributed by atoms with Gasteiger partial charge in [0.05, 0.1) is 23.3 Å². The van der Waals surface area contributed by atoms with Crippen molar-refractivity contribution in [1.82, 2.24) is 10.3 Å². The third-order valence-electron chi connectivity index (χ3n) is 8.11. The van der Waals surface area contributed by atoms with Crippen molar-refractivity contribution in [3.05, 3.63) is 44.9 Å². The Hall–Kier alpha value is -1.52. The highest BCUT2D eigenvalue weighted by Crippen LogP contribution is 2.57. The maximum atomic E-state index is 13.0. The number of benzene rings is 1. The number of nitrogens with one attached hydrogen (secondary N) is 1. The van der Waals surface area contributed by atoms with Crippen LogP contribution in [0, 0.1) is 23.2 Å². The molecule has 1 aromatic heterocycles. The minimum atomic E-state index is -3.55. The maximum absolute atomic E-state index is 13.0. The van der Waals surface area contributed by atoms with Crippen LogP contribution in [0.5, 0.6) is 0 Å². The van der Waals surface area contributed by atoms with E-state index in [9.17, 15) is 18.3 Å². The van der Waals surface area contributed by atoms with Crippen LogP contribution >= 0.6 is 22.9 Å². The van der Waals surface area contributed by atoms with Gasteiger partial charge in [0, 0.05) is 35.4 Å². The first-order valence-electron chi connectivity index (χ1n) is 12.4. The van der Waals surface area contributed by atoms with Crippen molar-refractivity contribution in [1.29, 1.82) is 0 Å². The number of hydrogen-bond donors (Lipinski definition) is 2. The molecule has 1 saturated carbocycles. The fourth-order valence-electron chi connectivity index (χ4n) is 6.18. The van der Waals surface area contributed by atoms with Crippen LogP contribution < -0.4 is 5.32 Å². The molecule has 0 aliphatic heterocycles. The van der Waals surface area contributed by atoms with Gasteiger partial charge in [-0.2, -0.15) is 0 Å². The maximum Gasteiger partial charge on any atom is 0.223 e. The summed E-state index contributed by atoms with van der Waals surface area (Å²) in [6.07, 6.45) is 1.78. The van der Waals surface area contributed by atoms with Crippen molar-refractivity contribution >= 4 is 38.7 Å². The molecule has 2 aromatic rings. The second kappa shape index (κ2) is 10.7. The van der Waals surface area contributed by atoms with Crippen LogP contribution in [0.3, 0.4) is 0 Å². The fourth-order valence-corrected chi connectivity index (χ4v) is 9.28. The smallest absolute Gasteiger partial charge is 0.223 e. The molecule has 4 rings (SSSR count). The van der Waals surface area contributed by atoms with E-state index in [1.807, 2.05) is 6.92 Å². The second-order valence-corrected chi connectivity index (χ2v) is 14.1. The molecule has 0 radical (unpaired) electrons. The molecule has 0 spiro atoms. The van der Waals surface area contributed by atoms with Gasteiger partial charge < -0.3 is 15.2 Å². The van der Waals surface area contributed by atoms with Crippen LogP contribution in [0.1, 0.15) is 55.1 Å². The zero-order valence-electron chi connectivity index (χ0n) is 21.2. The monoisotopic (exact) mass is 554 g/mol. The molecular formula is C26H35ClN2O5S2. The van der Waals surface area contributed by atoms with Crippen LogP contribution in [-0.2, 0) is 31.5 Å². The first-order chi connectivity index (χ1) is 17.0. The Balaban J connectivity index is 1.54. The van der Waals surface area contributed by atoms with Crippen LogP contribution in [0.25, 0.3) is 0 Å². The van der Waals surface area contributed by atoms with Crippen LogP contribution in [0.15, 0.2) is 29.2 Å². The highest BCUT2D eigenvalue weighted by Gasteiger charge is 2.53. The minimum Gasteiger partial charge on any atom is -0.392 e. The van der Waals surface area contributed by atoms with Gasteiger partial charge in [-0.3, -0.25) is 4.79 Å². The predicted molar refractivity (Wildman–Crippen MR) is 141 cm³/mol. The third-order valence-corrected chi connectivity index (χ3v) is 11.3. The quantitative estimate of drug-likeness (QED) is 0.473. The Morgan fingerprint density at radius 3 is 2.72 bits per heavy atom. The Morgan fingerprint density at radius 1 is 1.36 bits per heavy atom. The number of thiazole rings is 1. The summed E-state index contributed by atoms with van der Waals surface area (Å²) in [4.78, 5) is 18.8. The molecule has 6 unspecified atom stereocenters. The number of methoxy groups -OCH3 is 1. The Labute approximate surface area is 222 Å². The van der Waals surface area contributed by atoms with Gasteiger partial charge in [-0.25, -0.2) is 13.4 Å². The molecule has 1 heterocycles. The lowest BCUT2D eigenvalue weighted by Gasteiger charge is -2.53. The lowest BCUT2D eigenvalue weighted by atomic mass is 9.53. The number of fused-ring (bicyclic) bond motifs is 2. The number of sulfone groups is 1. The Bertz CT molecular complexity index is 1200. The van der Waals surface area contributed by atoms with Crippen LogP contribution in [0.2, 0.25) is 5.02 Å². The molecule has 7 nitrogen and oxygen atoms in total. The van der Waals surface area contributed by atoms with Gasteiger partial charge in [0.2, 0.25) is 5.91 Å². The summed E-state index contributed by atoms with van der Waals surface area (Å²) < 4.78 is 31.0. The third kappa shape index (κ3) is 5.36. The van der Waals surface area contributed by atoms with E-state index in [2.05, 4.69) is 19.2 Å². The summed E-state index contributed by atoms with van der Waals surface area (Å²) in [5.41, 5.74) is 0.758. The summed E-state index contributed by atoms with van der Waals surface area (Å²) in [5, 5.41) is 15.5. The molecule has 198 valence electrons. The number of rotatable bonds is 8. The van der Waals surface area contributed by atoms with Crippen LogP contribution in [0.4, 0.5) is 0 Å². The van der Waals surface area contributed by atoms with E-state index < -0.39 is 15.9 Å². The van der Waals surface area contributed by atoms with E-state index in [-0.39, 0.29) is 45.6 Å². The number of amides is 1. The van der Waals surface area contributed by atoms with Crippen LogP contribution in [-0.4, -0.2) is 50.8 Å². The number of aliphatic hydroxyl groups is 1. The number of carbonyl (C=O) groups excluding carboxylic acids is 1. The predicted octanol–water partition coefficient (Wildman–Crippen LogP) is 4.22.